The first-order valence-corrected chi connectivity index (χ1v) is 8.28. The summed E-state index contributed by atoms with van der Waals surface area (Å²) in [6.45, 7) is 2.58. The molecule has 120 valence electrons. The van der Waals surface area contributed by atoms with Crippen molar-refractivity contribution in [3.05, 3.63) is 0 Å². The Morgan fingerprint density at radius 1 is 1.05 bits per heavy atom. The van der Waals surface area contributed by atoms with Crippen molar-refractivity contribution in [1.82, 2.24) is 9.80 Å². The molecule has 0 atom stereocenters. The number of hydrogen-bond donors (Lipinski definition) is 1. The highest BCUT2D eigenvalue weighted by atomic mass is 16.4. The SMILES string of the molecule is CCC1CCC(N(C)C(=O)N(CCC(=O)O)C2CC2)CC1. The van der Waals surface area contributed by atoms with Crippen LogP contribution in [0, 0.1) is 5.92 Å². The number of hydrogen-bond acceptors (Lipinski definition) is 2. The highest BCUT2D eigenvalue weighted by Gasteiger charge is 2.36. The number of carboxylic acid groups (broad SMARTS) is 1. The van der Waals surface area contributed by atoms with Crippen LogP contribution in [-0.2, 0) is 4.79 Å². The van der Waals surface area contributed by atoms with Gasteiger partial charge in [0.05, 0.1) is 6.42 Å². The zero-order valence-corrected chi connectivity index (χ0v) is 13.3. The van der Waals surface area contributed by atoms with Crippen LogP contribution in [0.5, 0.6) is 0 Å². The summed E-state index contributed by atoms with van der Waals surface area (Å²) in [7, 11) is 1.88. The highest BCUT2D eigenvalue weighted by Crippen LogP contribution is 2.32. The number of carbonyl (C=O) groups is 2. The maximum atomic E-state index is 12.6. The van der Waals surface area contributed by atoms with Crippen molar-refractivity contribution >= 4 is 12.0 Å². The van der Waals surface area contributed by atoms with Crippen LogP contribution in [0.25, 0.3) is 0 Å². The van der Waals surface area contributed by atoms with E-state index < -0.39 is 5.97 Å². The lowest BCUT2D eigenvalue weighted by molar-refractivity contribution is -0.137. The normalized spacial score (nSPS) is 25.4. The minimum absolute atomic E-state index is 0.0266. The lowest BCUT2D eigenvalue weighted by atomic mass is 9.84. The Morgan fingerprint density at radius 3 is 2.10 bits per heavy atom. The van der Waals surface area contributed by atoms with Crippen molar-refractivity contribution in [1.29, 1.82) is 0 Å². The first-order chi connectivity index (χ1) is 10.0. The average Bonchev–Trinajstić information content (AvgIpc) is 3.31. The van der Waals surface area contributed by atoms with Crippen molar-refractivity contribution in [2.24, 2.45) is 5.92 Å². The molecule has 5 nitrogen and oxygen atoms in total. The van der Waals surface area contributed by atoms with Gasteiger partial charge in [-0.1, -0.05) is 13.3 Å². The Hall–Kier alpha value is -1.26. The van der Waals surface area contributed by atoms with E-state index in [2.05, 4.69) is 6.92 Å². The molecule has 0 aliphatic heterocycles. The molecule has 0 aromatic rings. The van der Waals surface area contributed by atoms with E-state index in [1.165, 1.54) is 19.3 Å². The number of rotatable bonds is 6. The van der Waals surface area contributed by atoms with Crippen molar-refractivity contribution in [3.8, 4) is 0 Å². The van der Waals surface area contributed by atoms with Crippen LogP contribution in [0.4, 0.5) is 4.79 Å². The summed E-state index contributed by atoms with van der Waals surface area (Å²) >= 11 is 0. The molecule has 0 heterocycles. The van der Waals surface area contributed by atoms with E-state index in [1.807, 2.05) is 11.9 Å². The van der Waals surface area contributed by atoms with Gasteiger partial charge in [-0.25, -0.2) is 4.79 Å². The summed E-state index contributed by atoms with van der Waals surface area (Å²) in [5.74, 6) is -0.0177. The van der Waals surface area contributed by atoms with Crippen molar-refractivity contribution in [3.63, 3.8) is 0 Å². The third-order valence-electron chi connectivity index (χ3n) is 5.04. The number of carboxylic acids is 1. The minimum Gasteiger partial charge on any atom is -0.481 e. The topological polar surface area (TPSA) is 60.9 Å². The Kier molecular flexibility index (Phi) is 5.48. The summed E-state index contributed by atoms with van der Waals surface area (Å²) in [5, 5.41) is 8.84. The lowest BCUT2D eigenvalue weighted by Crippen LogP contribution is -2.48. The summed E-state index contributed by atoms with van der Waals surface area (Å²) in [5.41, 5.74) is 0. The summed E-state index contributed by atoms with van der Waals surface area (Å²) in [6, 6.07) is 0.622. The zero-order chi connectivity index (χ0) is 15.4. The first-order valence-electron chi connectivity index (χ1n) is 8.28. The second-order valence-electron chi connectivity index (χ2n) is 6.54. The second kappa shape index (κ2) is 7.14. The van der Waals surface area contributed by atoms with Crippen LogP contribution < -0.4 is 0 Å². The van der Waals surface area contributed by atoms with E-state index in [0.29, 0.717) is 12.6 Å². The smallest absolute Gasteiger partial charge is 0.320 e. The maximum absolute atomic E-state index is 12.6. The predicted molar refractivity (Wildman–Crippen MR) is 81.2 cm³/mol. The van der Waals surface area contributed by atoms with E-state index in [-0.39, 0.29) is 18.5 Å². The summed E-state index contributed by atoms with van der Waals surface area (Å²) in [6.07, 6.45) is 7.88. The molecule has 2 rings (SSSR count). The number of aliphatic carboxylic acids is 1. The Labute approximate surface area is 127 Å². The fourth-order valence-electron chi connectivity index (χ4n) is 3.34. The molecule has 0 bridgehead atoms. The molecule has 0 unspecified atom stereocenters. The molecule has 2 fully saturated rings. The largest absolute Gasteiger partial charge is 0.481 e. The van der Waals surface area contributed by atoms with Gasteiger partial charge >= 0.3 is 12.0 Å². The van der Waals surface area contributed by atoms with Gasteiger partial charge in [0.15, 0.2) is 0 Å². The number of amides is 2. The van der Waals surface area contributed by atoms with Crippen molar-refractivity contribution in [2.45, 2.75) is 70.4 Å². The van der Waals surface area contributed by atoms with E-state index in [0.717, 1.165) is 31.6 Å². The van der Waals surface area contributed by atoms with E-state index in [1.54, 1.807) is 4.90 Å². The van der Waals surface area contributed by atoms with Crippen LogP contribution in [0.2, 0.25) is 0 Å². The molecule has 5 heteroatoms. The predicted octanol–water partition coefficient (Wildman–Crippen LogP) is 2.95. The quantitative estimate of drug-likeness (QED) is 0.819. The van der Waals surface area contributed by atoms with Crippen LogP contribution in [0.3, 0.4) is 0 Å². The molecular weight excluding hydrogens is 268 g/mol. The van der Waals surface area contributed by atoms with Gasteiger partial charge in [0.2, 0.25) is 0 Å². The Balaban J connectivity index is 1.88. The molecule has 2 aliphatic rings. The standard InChI is InChI=1S/C16H28N2O3/c1-3-12-4-6-13(7-5-12)17(2)16(21)18(14-8-9-14)11-10-15(19)20/h12-14H,3-11H2,1-2H3,(H,19,20). The van der Waals surface area contributed by atoms with Gasteiger partial charge in [-0.05, 0) is 44.4 Å². The van der Waals surface area contributed by atoms with E-state index in [4.69, 9.17) is 5.11 Å². The zero-order valence-electron chi connectivity index (χ0n) is 13.3. The Morgan fingerprint density at radius 2 is 1.62 bits per heavy atom. The van der Waals surface area contributed by atoms with Gasteiger partial charge in [-0.3, -0.25) is 4.79 Å². The molecule has 0 spiro atoms. The third-order valence-corrected chi connectivity index (χ3v) is 5.04. The molecule has 21 heavy (non-hydrogen) atoms. The fourth-order valence-corrected chi connectivity index (χ4v) is 3.34. The number of carbonyl (C=O) groups excluding carboxylic acids is 1. The first kappa shape index (κ1) is 16.1. The molecule has 0 aromatic heterocycles. The molecule has 2 aliphatic carbocycles. The summed E-state index contributed by atoms with van der Waals surface area (Å²) in [4.78, 5) is 27.0. The number of urea groups is 1. The third kappa shape index (κ3) is 4.35. The lowest BCUT2D eigenvalue weighted by Gasteiger charge is -2.37. The Bertz CT molecular complexity index is 374. The van der Waals surface area contributed by atoms with Gasteiger partial charge in [0, 0.05) is 25.7 Å². The monoisotopic (exact) mass is 296 g/mol. The fraction of sp³-hybridized carbons (Fsp3) is 0.875. The molecule has 2 amide bonds. The van der Waals surface area contributed by atoms with Crippen molar-refractivity contribution < 1.29 is 14.7 Å². The minimum atomic E-state index is -0.834. The second-order valence-corrected chi connectivity index (χ2v) is 6.54. The van der Waals surface area contributed by atoms with Crippen molar-refractivity contribution in [2.75, 3.05) is 13.6 Å². The molecule has 0 aromatic carbocycles. The maximum Gasteiger partial charge on any atom is 0.320 e. The van der Waals surface area contributed by atoms with Crippen LogP contribution in [-0.4, -0.2) is 52.6 Å². The van der Waals surface area contributed by atoms with Gasteiger partial charge < -0.3 is 14.9 Å². The molecule has 1 N–H and O–H groups in total. The highest BCUT2D eigenvalue weighted by molar-refractivity contribution is 5.76. The molecular formula is C16H28N2O3. The van der Waals surface area contributed by atoms with E-state index in [9.17, 15) is 9.59 Å². The number of nitrogens with zero attached hydrogens (tertiary/aromatic N) is 2. The van der Waals surface area contributed by atoms with Crippen LogP contribution in [0.1, 0.15) is 58.3 Å². The van der Waals surface area contributed by atoms with Crippen LogP contribution >= 0.6 is 0 Å². The van der Waals surface area contributed by atoms with Gasteiger partial charge in [-0.15, -0.1) is 0 Å². The van der Waals surface area contributed by atoms with E-state index >= 15 is 0 Å². The summed E-state index contributed by atoms with van der Waals surface area (Å²) < 4.78 is 0. The molecule has 2 saturated carbocycles. The molecule has 0 saturated heterocycles. The molecule has 0 radical (unpaired) electrons. The van der Waals surface area contributed by atoms with Gasteiger partial charge in [0.25, 0.3) is 0 Å². The average molecular weight is 296 g/mol. The van der Waals surface area contributed by atoms with Gasteiger partial charge in [0.1, 0.15) is 0 Å². The van der Waals surface area contributed by atoms with Crippen LogP contribution in [0.15, 0.2) is 0 Å². The van der Waals surface area contributed by atoms with Gasteiger partial charge in [-0.2, -0.15) is 0 Å².